The number of hydrogen-bond acceptors (Lipinski definition) is 1. The number of benzene rings is 2. The van der Waals surface area contributed by atoms with Crippen molar-refractivity contribution in [2.24, 2.45) is 5.41 Å². The SMILES string of the molecule is CC12CCCC1=C1CCc3cc(O)ccc3C1(c1ccccc1)CC2. The Balaban J connectivity index is 1.83. The second kappa shape index (κ2) is 5.24. The van der Waals surface area contributed by atoms with Crippen molar-refractivity contribution in [2.45, 2.75) is 57.3 Å². The molecular weight excluding hydrogens is 304 g/mol. The Bertz CT molecular complexity index is 863. The largest absolute Gasteiger partial charge is 0.508 e. The number of allylic oxidation sites excluding steroid dienone is 2. The number of aromatic hydroxyl groups is 1. The molecule has 0 aromatic heterocycles. The van der Waals surface area contributed by atoms with E-state index in [-0.39, 0.29) is 5.41 Å². The molecule has 0 spiro atoms. The minimum Gasteiger partial charge on any atom is -0.508 e. The molecular formula is C24H26O. The molecule has 0 amide bonds. The zero-order valence-electron chi connectivity index (χ0n) is 15.0. The van der Waals surface area contributed by atoms with Crippen LogP contribution in [0.15, 0.2) is 59.7 Å². The van der Waals surface area contributed by atoms with Gasteiger partial charge in [0, 0.05) is 5.41 Å². The quantitative estimate of drug-likeness (QED) is 0.645. The van der Waals surface area contributed by atoms with Crippen molar-refractivity contribution in [3.63, 3.8) is 0 Å². The van der Waals surface area contributed by atoms with Gasteiger partial charge in [0.15, 0.2) is 0 Å². The van der Waals surface area contributed by atoms with Gasteiger partial charge in [-0.15, -0.1) is 0 Å². The fourth-order valence-electron chi connectivity index (χ4n) is 6.09. The molecule has 0 heterocycles. The van der Waals surface area contributed by atoms with Gasteiger partial charge in [0.1, 0.15) is 5.75 Å². The summed E-state index contributed by atoms with van der Waals surface area (Å²) in [6, 6.07) is 17.2. The van der Waals surface area contributed by atoms with Crippen LogP contribution in [-0.4, -0.2) is 5.11 Å². The molecule has 128 valence electrons. The van der Waals surface area contributed by atoms with Gasteiger partial charge in [-0.25, -0.2) is 0 Å². The topological polar surface area (TPSA) is 20.2 Å². The Labute approximate surface area is 150 Å². The molecule has 2 unspecified atom stereocenters. The highest BCUT2D eigenvalue weighted by molar-refractivity contribution is 5.59. The van der Waals surface area contributed by atoms with E-state index in [1.54, 1.807) is 11.1 Å². The molecule has 1 saturated carbocycles. The summed E-state index contributed by atoms with van der Waals surface area (Å²) in [6.07, 6.45) is 8.68. The molecule has 1 N–H and O–H groups in total. The number of hydrogen-bond donors (Lipinski definition) is 1. The van der Waals surface area contributed by atoms with Crippen LogP contribution < -0.4 is 0 Å². The van der Waals surface area contributed by atoms with E-state index >= 15 is 0 Å². The van der Waals surface area contributed by atoms with E-state index in [9.17, 15) is 5.11 Å². The molecule has 1 nitrogen and oxygen atoms in total. The highest BCUT2D eigenvalue weighted by Gasteiger charge is 2.51. The number of phenols is 1. The van der Waals surface area contributed by atoms with Crippen molar-refractivity contribution in [3.8, 4) is 5.75 Å². The van der Waals surface area contributed by atoms with Crippen LogP contribution in [0, 0.1) is 5.41 Å². The van der Waals surface area contributed by atoms with Gasteiger partial charge < -0.3 is 5.11 Å². The van der Waals surface area contributed by atoms with Crippen molar-refractivity contribution < 1.29 is 5.11 Å². The highest BCUT2D eigenvalue weighted by Crippen LogP contribution is 2.61. The van der Waals surface area contributed by atoms with E-state index in [1.807, 2.05) is 12.1 Å². The maximum atomic E-state index is 10.0. The van der Waals surface area contributed by atoms with E-state index < -0.39 is 0 Å². The Morgan fingerprint density at radius 3 is 2.52 bits per heavy atom. The summed E-state index contributed by atoms with van der Waals surface area (Å²) < 4.78 is 0. The van der Waals surface area contributed by atoms with Gasteiger partial charge in [0.25, 0.3) is 0 Å². The first-order chi connectivity index (χ1) is 12.1. The maximum absolute atomic E-state index is 10.0. The molecule has 0 bridgehead atoms. The monoisotopic (exact) mass is 330 g/mol. The fourth-order valence-corrected chi connectivity index (χ4v) is 6.09. The molecule has 2 aromatic rings. The van der Waals surface area contributed by atoms with Crippen molar-refractivity contribution in [3.05, 3.63) is 76.4 Å². The van der Waals surface area contributed by atoms with Gasteiger partial charge in [0.05, 0.1) is 0 Å². The Morgan fingerprint density at radius 1 is 0.840 bits per heavy atom. The normalized spacial score (nSPS) is 30.6. The van der Waals surface area contributed by atoms with Crippen molar-refractivity contribution in [2.75, 3.05) is 0 Å². The fraction of sp³-hybridized carbons (Fsp3) is 0.417. The van der Waals surface area contributed by atoms with E-state index in [0.29, 0.717) is 11.2 Å². The Morgan fingerprint density at radius 2 is 1.68 bits per heavy atom. The lowest BCUT2D eigenvalue weighted by molar-refractivity contribution is 0.289. The third-order valence-electron chi connectivity index (χ3n) is 7.27. The summed E-state index contributed by atoms with van der Waals surface area (Å²) in [5.74, 6) is 0.402. The van der Waals surface area contributed by atoms with E-state index in [1.165, 1.54) is 48.8 Å². The van der Waals surface area contributed by atoms with Gasteiger partial charge in [-0.2, -0.15) is 0 Å². The molecule has 25 heavy (non-hydrogen) atoms. The molecule has 2 atom stereocenters. The second-order valence-corrected chi connectivity index (χ2v) is 8.48. The molecule has 3 aliphatic rings. The Hall–Kier alpha value is -2.02. The zero-order valence-corrected chi connectivity index (χ0v) is 15.0. The summed E-state index contributed by atoms with van der Waals surface area (Å²) in [7, 11) is 0. The lowest BCUT2D eigenvalue weighted by Gasteiger charge is -2.50. The van der Waals surface area contributed by atoms with Crippen molar-refractivity contribution >= 4 is 0 Å². The summed E-state index contributed by atoms with van der Waals surface area (Å²) >= 11 is 0. The average molecular weight is 330 g/mol. The van der Waals surface area contributed by atoms with Crippen LogP contribution >= 0.6 is 0 Å². The Kier molecular flexibility index (Phi) is 3.20. The van der Waals surface area contributed by atoms with Crippen molar-refractivity contribution in [1.29, 1.82) is 0 Å². The number of rotatable bonds is 1. The van der Waals surface area contributed by atoms with E-state index in [2.05, 4.69) is 43.3 Å². The summed E-state index contributed by atoms with van der Waals surface area (Å²) in [4.78, 5) is 0. The standard InChI is InChI=1S/C24H26O/c1-23-13-5-8-21(23)22-11-9-17-16-19(25)10-12-20(17)24(22,15-14-23)18-6-3-2-4-7-18/h2-4,6-7,10,12,16,25H,5,8-9,11,13-15H2,1H3. The molecule has 3 aliphatic carbocycles. The number of fused-ring (bicyclic) bond motifs is 4. The predicted octanol–water partition coefficient (Wildman–Crippen LogP) is 5.91. The molecule has 0 radical (unpaired) electrons. The first kappa shape index (κ1) is 15.3. The number of aryl methyl sites for hydroxylation is 1. The number of phenolic OH excluding ortho intramolecular Hbond substituents is 1. The van der Waals surface area contributed by atoms with E-state index in [0.717, 1.165) is 12.8 Å². The van der Waals surface area contributed by atoms with Gasteiger partial charge in [0.2, 0.25) is 0 Å². The van der Waals surface area contributed by atoms with Crippen LogP contribution in [0.25, 0.3) is 0 Å². The first-order valence-electron chi connectivity index (χ1n) is 9.74. The van der Waals surface area contributed by atoms with Gasteiger partial charge in [-0.1, -0.05) is 54.5 Å². The van der Waals surface area contributed by atoms with Crippen LogP contribution in [0.5, 0.6) is 5.75 Å². The van der Waals surface area contributed by atoms with Gasteiger partial charge >= 0.3 is 0 Å². The first-order valence-corrected chi connectivity index (χ1v) is 9.74. The van der Waals surface area contributed by atoms with Gasteiger partial charge in [-0.3, -0.25) is 0 Å². The van der Waals surface area contributed by atoms with E-state index in [4.69, 9.17) is 0 Å². The zero-order chi connectivity index (χ0) is 17.1. The smallest absolute Gasteiger partial charge is 0.115 e. The lowest BCUT2D eigenvalue weighted by atomic mass is 9.53. The lowest BCUT2D eigenvalue weighted by Crippen LogP contribution is -2.41. The summed E-state index contributed by atoms with van der Waals surface area (Å²) in [6.45, 7) is 2.50. The summed E-state index contributed by atoms with van der Waals surface area (Å²) in [5.41, 5.74) is 8.17. The van der Waals surface area contributed by atoms with Crippen LogP contribution in [0.4, 0.5) is 0 Å². The van der Waals surface area contributed by atoms with Crippen LogP contribution in [-0.2, 0) is 11.8 Å². The third-order valence-corrected chi connectivity index (χ3v) is 7.27. The molecule has 0 aliphatic heterocycles. The minimum atomic E-state index is 0.0295. The van der Waals surface area contributed by atoms with Crippen molar-refractivity contribution in [1.82, 2.24) is 0 Å². The molecule has 5 rings (SSSR count). The molecule has 2 aromatic carbocycles. The third kappa shape index (κ3) is 2.02. The van der Waals surface area contributed by atoms with Gasteiger partial charge in [-0.05, 0) is 79.2 Å². The predicted molar refractivity (Wildman–Crippen MR) is 102 cm³/mol. The van der Waals surface area contributed by atoms with Crippen LogP contribution in [0.2, 0.25) is 0 Å². The minimum absolute atomic E-state index is 0.0295. The second-order valence-electron chi connectivity index (χ2n) is 8.48. The van der Waals surface area contributed by atoms with Crippen LogP contribution in [0.1, 0.15) is 62.1 Å². The van der Waals surface area contributed by atoms with Crippen LogP contribution in [0.3, 0.4) is 0 Å². The highest BCUT2D eigenvalue weighted by atomic mass is 16.3. The average Bonchev–Trinajstić information content (AvgIpc) is 3.03. The molecule has 0 saturated heterocycles. The maximum Gasteiger partial charge on any atom is 0.115 e. The summed E-state index contributed by atoms with van der Waals surface area (Å²) in [5, 5.41) is 10.0. The molecule has 1 fully saturated rings. The molecule has 1 heteroatoms.